The summed E-state index contributed by atoms with van der Waals surface area (Å²) in [6, 6.07) is -0.0253. The van der Waals surface area contributed by atoms with E-state index < -0.39 is 4.87 Å². The molecule has 3 unspecified atom stereocenters. The van der Waals surface area contributed by atoms with Crippen LogP contribution in [0.3, 0.4) is 0 Å². The molecule has 0 saturated heterocycles. The van der Waals surface area contributed by atoms with Gasteiger partial charge in [0, 0.05) is 13.0 Å². The van der Waals surface area contributed by atoms with E-state index in [1.165, 1.54) is 0 Å². The minimum Gasteiger partial charge on any atom is -0.302 e. The highest BCUT2D eigenvalue weighted by Gasteiger charge is 2.38. The average molecular weight is 244 g/mol. The van der Waals surface area contributed by atoms with Crippen LogP contribution in [0.2, 0.25) is 0 Å². The first-order chi connectivity index (χ1) is 7.42. The fourth-order valence-electron chi connectivity index (χ4n) is 1.85. The summed E-state index contributed by atoms with van der Waals surface area (Å²) in [6.45, 7) is 3.73. The molecule has 1 aliphatic carbocycles. The van der Waals surface area contributed by atoms with E-state index in [4.69, 9.17) is 16.4 Å². The molecule has 1 aliphatic rings. The third-order valence-corrected chi connectivity index (χ3v) is 3.30. The number of hydroxylamine groups is 2. The maximum absolute atomic E-state index is 11.0. The van der Waals surface area contributed by atoms with Crippen molar-refractivity contribution in [3.05, 3.63) is 23.8 Å². The molecule has 0 heterocycles. The Bertz CT molecular complexity index is 323. The number of aldehydes is 1. The first-order valence-corrected chi connectivity index (χ1v) is 5.59. The molecule has 0 aromatic carbocycles. The largest absolute Gasteiger partial charge is 0.302 e. The Balaban J connectivity index is 3.00. The highest BCUT2D eigenvalue weighted by atomic mass is 35.5. The second kappa shape index (κ2) is 5.13. The van der Waals surface area contributed by atoms with Gasteiger partial charge >= 0.3 is 0 Å². The lowest BCUT2D eigenvalue weighted by atomic mass is 9.83. The van der Waals surface area contributed by atoms with E-state index >= 15 is 0 Å². The first kappa shape index (κ1) is 13.4. The second-order valence-corrected chi connectivity index (χ2v) is 5.10. The number of alkyl halides is 1. The summed E-state index contributed by atoms with van der Waals surface area (Å²) in [6.07, 6.45) is 6.79. The van der Waals surface area contributed by atoms with Gasteiger partial charge in [-0.25, -0.2) is 0 Å². The van der Waals surface area contributed by atoms with Gasteiger partial charge in [-0.05, 0) is 13.8 Å². The Morgan fingerprint density at radius 1 is 1.62 bits per heavy atom. The fraction of sp³-hybridized carbons (Fsp3) is 0.583. The van der Waals surface area contributed by atoms with Crippen LogP contribution in [-0.4, -0.2) is 36.4 Å². The molecule has 0 saturated carbocycles. The maximum Gasteiger partial charge on any atom is 0.141 e. The molecule has 90 valence electrons. The molecular formula is C12H18ClNO2. The van der Waals surface area contributed by atoms with Crippen molar-refractivity contribution in [2.24, 2.45) is 5.92 Å². The lowest BCUT2D eigenvalue weighted by Crippen LogP contribution is -2.45. The number of likely N-dealkylation sites (N-methyl/N-ethyl adjacent to an activating group) is 1. The lowest BCUT2D eigenvalue weighted by molar-refractivity contribution is -0.141. The van der Waals surface area contributed by atoms with Crippen LogP contribution in [0.5, 0.6) is 0 Å². The molecule has 0 aromatic rings. The average Bonchev–Trinajstić information content (AvgIpc) is 2.27. The molecule has 3 nitrogen and oxygen atoms in total. The van der Waals surface area contributed by atoms with Crippen LogP contribution in [0.25, 0.3) is 0 Å². The van der Waals surface area contributed by atoms with Crippen molar-refractivity contribution in [2.75, 3.05) is 14.2 Å². The molecule has 0 bridgehead atoms. The molecule has 0 N–H and O–H groups in total. The van der Waals surface area contributed by atoms with E-state index in [-0.39, 0.29) is 12.0 Å². The van der Waals surface area contributed by atoms with Gasteiger partial charge < -0.3 is 9.63 Å². The normalized spacial score (nSPS) is 28.8. The zero-order valence-corrected chi connectivity index (χ0v) is 10.9. The van der Waals surface area contributed by atoms with Crippen LogP contribution < -0.4 is 0 Å². The maximum atomic E-state index is 11.0. The molecule has 0 aromatic heterocycles. The molecule has 0 aliphatic heterocycles. The standard InChI is InChI=1S/C12H18ClNO2/c1-9-5-6-10(12(2,13)8-15)11(7-9)14(3)16-4/h5-8,10-11H,1-4H3. The molecule has 16 heavy (non-hydrogen) atoms. The van der Waals surface area contributed by atoms with Crippen molar-refractivity contribution in [1.82, 2.24) is 5.06 Å². The lowest BCUT2D eigenvalue weighted by Gasteiger charge is -2.37. The Hall–Kier alpha value is -0.640. The van der Waals surface area contributed by atoms with Gasteiger partial charge in [0.1, 0.15) is 11.2 Å². The monoisotopic (exact) mass is 243 g/mol. The van der Waals surface area contributed by atoms with Crippen LogP contribution in [0, 0.1) is 5.92 Å². The van der Waals surface area contributed by atoms with Crippen LogP contribution >= 0.6 is 11.6 Å². The first-order valence-electron chi connectivity index (χ1n) is 5.21. The van der Waals surface area contributed by atoms with E-state index in [0.29, 0.717) is 0 Å². The number of hydrogen-bond acceptors (Lipinski definition) is 3. The zero-order chi connectivity index (χ0) is 12.3. The predicted molar refractivity (Wildman–Crippen MR) is 65.3 cm³/mol. The number of nitrogens with zero attached hydrogens (tertiary/aromatic N) is 1. The Kier molecular flexibility index (Phi) is 4.30. The van der Waals surface area contributed by atoms with Crippen LogP contribution in [0.1, 0.15) is 13.8 Å². The third-order valence-electron chi connectivity index (χ3n) is 2.96. The van der Waals surface area contributed by atoms with Crippen molar-refractivity contribution >= 4 is 17.9 Å². The Morgan fingerprint density at radius 2 is 2.25 bits per heavy atom. The van der Waals surface area contributed by atoms with Gasteiger partial charge in [0.25, 0.3) is 0 Å². The van der Waals surface area contributed by atoms with Crippen LogP contribution in [0.15, 0.2) is 23.8 Å². The molecule has 0 amide bonds. The van der Waals surface area contributed by atoms with Gasteiger partial charge in [-0.3, -0.25) is 0 Å². The molecule has 3 atom stereocenters. The zero-order valence-electron chi connectivity index (χ0n) is 10.1. The molecule has 0 spiro atoms. The summed E-state index contributed by atoms with van der Waals surface area (Å²) in [5, 5.41) is 1.71. The number of carbonyl (C=O) groups is 1. The molecule has 1 rings (SSSR count). The van der Waals surface area contributed by atoms with Crippen molar-refractivity contribution in [3.8, 4) is 0 Å². The summed E-state index contributed by atoms with van der Waals surface area (Å²) >= 11 is 6.21. The third kappa shape index (κ3) is 2.73. The highest BCUT2D eigenvalue weighted by Crippen LogP contribution is 2.33. The number of allylic oxidation sites excluding steroid dienone is 2. The summed E-state index contributed by atoms with van der Waals surface area (Å²) in [4.78, 5) is 15.3. The Labute approximate surface area is 102 Å². The minimum absolute atomic E-state index is 0.0253. The van der Waals surface area contributed by atoms with Crippen LogP contribution in [0.4, 0.5) is 0 Å². The molecule has 0 radical (unpaired) electrons. The van der Waals surface area contributed by atoms with Gasteiger partial charge in [-0.2, -0.15) is 5.06 Å². The van der Waals surface area contributed by atoms with Crippen molar-refractivity contribution < 1.29 is 9.63 Å². The molecular weight excluding hydrogens is 226 g/mol. The Morgan fingerprint density at radius 3 is 2.75 bits per heavy atom. The molecule has 4 heteroatoms. The number of hydrogen-bond donors (Lipinski definition) is 0. The smallest absolute Gasteiger partial charge is 0.141 e. The SMILES string of the molecule is CON(C)C1C=C(C)C=CC1C(C)(Cl)C=O. The van der Waals surface area contributed by atoms with E-state index in [0.717, 1.165) is 11.9 Å². The van der Waals surface area contributed by atoms with Gasteiger partial charge in [-0.1, -0.05) is 23.8 Å². The van der Waals surface area contributed by atoms with Crippen LogP contribution in [-0.2, 0) is 9.63 Å². The van der Waals surface area contributed by atoms with Gasteiger partial charge in [0.05, 0.1) is 13.2 Å². The van der Waals surface area contributed by atoms with E-state index in [1.807, 2.05) is 26.1 Å². The topological polar surface area (TPSA) is 29.5 Å². The van der Waals surface area contributed by atoms with Gasteiger partial charge in [0.15, 0.2) is 0 Å². The summed E-state index contributed by atoms with van der Waals surface area (Å²) in [7, 11) is 3.43. The van der Waals surface area contributed by atoms with E-state index in [2.05, 4.69) is 6.08 Å². The number of carbonyl (C=O) groups excluding carboxylic acids is 1. The summed E-state index contributed by atoms with van der Waals surface area (Å²) in [5.74, 6) is -0.0969. The fourth-order valence-corrected chi connectivity index (χ4v) is 2.05. The number of rotatable bonds is 4. The molecule has 0 fully saturated rings. The summed E-state index contributed by atoms with van der Waals surface area (Å²) in [5.41, 5.74) is 1.14. The van der Waals surface area contributed by atoms with Gasteiger partial charge in [0.2, 0.25) is 0 Å². The van der Waals surface area contributed by atoms with Gasteiger partial charge in [-0.15, -0.1) is 11.6 Å². The van der Waals surface area contributed by atoms with E-state index in [9.17, 15) is 4.79 Å². The second-order valence-electron chi connectivity index (χ2n) is 4.28. The van der Waals surface area contributed by atoms with Crippen molar-refractivity contribution in [2.45, 2.75) is 24.8 Å². The summed E-state index contributed by atoms with van der Waals surface area (Å²) < 4.78 is 0. The minimum atomic E-state index is -0.912. The predicted octanol–water partition coefficient (Wildman–Crippen LogP) is 2.18. The quantitative estimate of drug-likeness (QED) is 0.431. The highest BCUT2D eigenvalue weighted by molar-refractivity contribution is 6.31. The van der Waals surface area contributed by atoms with Crippen molar-refractivity contribution in [1.29, 1.82) is 0 Å². The van der Waals surface area contributed by atoms with E-state index in [1.54, 1.807) is 19.1 Å². The number of halogens is 1. The van der Waals surface area contributed by atoms with Crippen molar-refractivity contribution in [3.63, 3.8) is 0 Å².